The van der Waals surface area contributed by atoms with Crippen molar-refractivity contribution in [2.24, 2.45) is 28.7 Å². The van der Waals surface area contributed by atoms with Gasteiger partial charge in [0.2, 0.25) is 11.8 Å². The topological polar surface area (TPSA) is 86.7 Å². The molecule has 7 nitrogen and oxygen atoms in total. The van der Waals surface area contributed by atoms with E-state index in [9.17, 15) is 9.59 Å². The number of hydrogen-bond donors (Lipinski definition) is 2. The maximum absolute atomic E-state index is 12.7. The smallest absolute Gasteiger partial charge is 0.233 e. The lowest BCUT2D eigenvalue weighted by Gasteiger charge is -2.17. The van der Waals surface area contributed by atoms with Gasteiger partial charge in [0.05, 0.1) is 29.1 Å². The van der Waals surface area contributed by atoms with Gasteiger partial charge in [-0.1, -0.05) is 19.1 Å². The molecule has 0 radical (unpaired) electrons. The molecule has 0 aromatic carbocycles. The predicted octanol–water partition coefficient (Wildman–Crippen LogP) is 2.19. The lowest BCUT2D eigenvalue weighted by atomic mass is 9.85. The molecule has 2 fully saturated rings. The minimum absolute atomic E-state index is 0. The number of guanidine groups is 1. The van der Waals surface area contributed by atoms with E-state index in [0.717, 1.165) is 23.5 Å². The quantitative estimate of drug-likeness (QED) is 0.141. The number of carbonyl (C=O) groups is 2. The summed E-state index contributed by atoms with van der Waals surface area (Å²) in [5.74, 6) is 1.11. The van der Waals surface area contributed by atoms with Crippen LogP contribution in [0.4, 0.5) is 0 Å². The van der Waals surface area contributed by atoms with E-state index in [0.29, 0.717) is 32.0 Å². The molecule has 2 aliphatic carbocycles. The second kappa shape index (κ2) is 9.55. The molecule has 4 unspecified atom stereocenters. The van der Waals surface area contributed by atoms with Gasteiger partial charge in [0, 0.05) is 25.5 Å². The van der Waals surface area contributed by atoms with Crippen LogP contribution in [0.1, 0.15) is 30.5 Å². The molecule has 4 atom stereocenters. The summed E-state index contributed by atoms with van der Waals surface area (Å²) < 4.78 is 0. The summed E-state index contributed by atoms with van der Waals surface area (Å²) in [5.41, 5.74) is 1.01. The van der Waals surface area contributed by atoms with Gasteiger partial charge in [0.15, 0.2) is 5.96 Å². The number of carbonyl (C=O) groups excluding carboxylic acids is 2. The molecule has 29 heavy (non-hydrogen) atoms. The predicted molar refractivity (Wildman–Crippen MR) is 124 cm³/mol. The van der Waals surface area contributed by atoms with Crippen molar-refractivity contribution in [2.75, 3.05) is 20.1 Å². The van der Waals surface area contributed by atoms with E-state index in [1.165, 1.54) is 4.90 Å². The van der Waals surface area contributed by atoms with Gasteiger partial charge in [-0.25, -0.2) is 4.98 Å². The first kappa shape index (κ1) is 22.2. The van der Waals surface area contributed by atoms with Gasteiger partial charge in [0.1, 0.15) is 0 Å². The third-order valence-electron chi connectivity index (χ3n) is 5.97. The summed E-state index contributed by atoms with van der Waals surface area (Å²) in [6.45, 7) is 3.84. The number of halogens is 1. The summed E-state index contributed by atoms with van der Waals surface area (Å²) in [7, 11) is 1.73. The van der Waals surface area contributed by atoms with Crippen molar-refractivity contribution >= 4 is 53.1 Å². The molecule has 4 rings (SSSR count). The fraction of sp³-hybridized carbons (Fsp3) is 0.600. The lowest BCUT2D eigenvalue weighted by molar-refractivity contribution is -0.140. The Hall–Kier alpha value is -1.49. The molecule has 3 aliphatic rings. The van der Waals surface area contributed by atoms with Crippen LogP contribution < -0.4 is 10.6 Å². The number of aliphatic imine (C=N–C) groups is 1. The Labute approximate surface area is 192 Å². The zero-order valence-corrected chi connectivity index (χ0v) is 19.9. The number of thiazole rings is 1. The van der Waals surface area contributed by atoms with E-state index >= 15 is 0 Å². The minimum atomic E-state index is -0.101. The van der Waals surface area contributed by atoms with E-state index < -0.39 is 0 Å². The van der Waals surface area contributed by atoms with Crippen LogP contribution in [0.3, 0.4) is 0 Å². The van der Waals surface area contributed by atoms with Gasteiger partial charge in [-0.3, -0.25) is 19.5 Å². The van der Waals surface area contributed by atoms with Crippen LogP contribution >= 0.6 is 35.3 Å². The van der Waals surface area contributed by atoms with Crippen LogP contribution in [-0.4, -0.2) is 47.8 Å². The molecule has 1 saturated carbocycles. The van der Waals surface area contributed by atoms with E-state index in [1.54, 1.807) is 18.4 Å². The molecule has 2 bridgehead atoms. The van der Waals surface area contributed by atoms with Gasteiger partial charge in [-0.2, -0.15) is 0 Å². The molecule has 1 saturated heterocycles. The highest BCUT2D eigenvalue weighted by molar-refractivity contribution is 14.0. The van der Waals surface area contributed by atoms with Crippen molar-refractivity contribution < 1.29 is 9.59 Å². The van der Waals surface area contributed by atoms with Crippen molar-refractivity contribution in [3.8, 4) is 0 Å². The van der Waals surface area contributed by atoms with Crippen molar-refractivity contribution in [3.63, 3.8) is 0 Å². The number of rotatable bonds is 7. The monoisotopic (exact) mass is 529 g/mol. The molecule has 0 spiro atoms. The Balaban J connectivity index is 0.00000240. The fourth-order valence-electron chi connectivity index (χ4n) is 4.62. The zero-order chi connectivity index (χ0) is 19.7. The van der Waals surface area contributed by atoms with Crippen LogP contribution in [-0.2, 0) is 22.6 Å². The van der Waals surface area contributed by atoms with Crippen molar-refractivity contribution in [3.05, 3.63) is 28.2 Å². The summed E-state index contributed by atoms with van der Waals surface area (Å²) in [5, 5.41) is 9.69. The first-order chi connectivity index (χ1) is 13.6. The van der Waals surface area contributed by atoms with Crippen LogP contribution in [0, 0.1) is 23.7 Å². The summed E-state index contributed by atoms with van der Waals surface area (Å²) >= 11 is 1.67. The number of likely N-dealkylation sites (tertiary alicyclic amines) is 1. The van der Waals surface area contributed by atoms with Crippen molar-refractivity contribution in [2.45, 2.75) is 32.7 Å². The molecular weight excluding hydrogens is 501 g/mol. The van der Waals surface area contributed by atoms with Gasteiger partial charge in [-0.15, -0.1) is 35.3 Å². The molecule has 1 aromatic heterocycles. The fourth-order valence-corrected chi connectivity index (χ4v) is 5.36. The van der Waals surface area contributed by atoms with Crippen LogP contribution in [0.5, 0.6) is 0 Å². The maximum atomic E-state index is 12.7. The third kappa shape index (κ3) is 4.35. The number of aryl methyl sites for hydroxylation is 1. The molecule has 2 amide bonds. The number of hydrogen-bond acceptors (Lipinski definition) is 5. The summed E-state index contributed by atoms with van der Waals surface area (Å²) in [6.07, 6.45) is 6.89. The number of amides is 2. The number of nitrogens with zero attached hydrogens (tertiary/aromatic N) is 3. The summed E-state index contributed by atoms with van der Waals surface area (Å²) in [4.78, 5) is 35.6. The van der Waals surface area contributed by atoms with Crippen LogP contribution in [0.2, 0.25) is 0 Å². The van der Waals surface area contributed by atoms with Gasteiger partial charge >= 0.3 is 0 Å². The Morgan fingerprint density at radius 2 is 1.93 bits per heavy atom. The second-order valence-corrected chi connectivity index (χ2v) is 8.56. The average Bonchev–Trinajstić information content (AvgIpc) is 3.47. The zero-order valence-electron chi connectivity index (χ0n) is 16.8. The first-order valence-electron chi connectivity index (χ1n) is 10.0. The first-order valence-corrected chi connectivity index (χ1v) is 10.9. The van der Waals surface area contributed by atoms with Gasteiger partial charge < -0.3 is 10.6 Å². The minimum Gasteiger partial charge on any atom is -0.356 e. The van der Waals surface area contributed by atoms with Gasteiger partial charge in [-0.05, 0) is 31.1 Å². The van der Waals surface area contributed by atoms with E-state index in [-0.39, 0.29) is 59.5 Å². The lowest BCUT2D eigenvalue weighted by Crippen LogP contribution is -2.39. The average molecular weight is 529 g/mol. The highest BCUT2D eigenvalue weighted by Crippen LogP contribution is 2.52. The molecule has 1 aromatic rings. The normalized spacial score (nSPS) is 27.4. The van der Waals surface area contributed by atoms with Crippen molar-refractivity contribution in [1.82, 2.24) is 20.5 Å². The van der Waals surface area contributed by atoms with E-state index in [1.807, 2.05) is 0 Å². The van der Waals surface area contributed by atoms with E-state index in [4.69, 9.17) is 0 Å². The molecule has 9 heteroatoms. The van der Waals surface area contributed by atoms with E-state index in [2.05, 4.69) is 45.1 Å². The molecule has 158 valence electrons. The van der Waals surface area contributed by atoms with Crippen LogP contribution in [0.15, 0.2) is 22.5 Å². The third-order valence-corrected chi connectivity index (χ3v) is 7.02. The number of allylic oxidation sites excluding steroid dienone is 2. The highest BCUT2D eigenvalue weighted by atomic mass is 127. The Kier molecular flexibility index (Phi) is 7.31. The number of nitrogens with one attached hydrogen (secondary N) is 2. The molecular formula is C20H28IN5O2S. The maximum Gasteiger partial charge on any atom is 0.233 e. The molecule has 2 heterocycles. The molecule has 2 N–H and O–H groups in total. The highest BCUT2D eigenvalue weighted by Gasteiger charge is 2.58. The second-order valence-electron chi connectivity index (χ2n) is 7.62. The summed E-state index contributed by atoms with van der Waals surface area (Å²) in [6, 6.07) is 0. The largest absolute Gasteiger partial charge is 0.356 e. The SMILES string of the molecule is CCc1nc(CNC(=NC)NCCCN2C(=O)C3C4C=CC(C4)C3C2=O)cs1.I. The standard InChI is InChI=1S/C20H27N5O2S.HI/c1-3-15-24-14(11-28-15)10-23-20(21-2)22-7-4-8-25-18(26)16-12-5-6-13(9-12)17(16)19(25)27;/h5-6,11-13,16-17H,3-4,7-10H2,1-2H3,(H2,21,22,23);1H. The number of imide groups is 1. The molecule has 1 aliphatic heterocycles. The Bertz CT molecular complexity index is 794. The van der Waals surface area contributed by atoms with Crippen LogP contribution in [0.25, 0.3) is 0 Å². The Morgan fingerprint density at radius 1 is 1.24 bits per heavy atom. The van der Waals surface area contributed by atoms with Gasteiger partial charge in [0.25, 0.3) is 0 Å². The number of fused-ring (bicyclic) bond motifs is 5. The number of aromatic nitrogens is 1. The van der Waals surface area contributed by atoms with Crippen molar-refractivity contribution in [1.29, 1.82) is 0 Å². The Morgan fingerprint density at radius 3 is 2.52 bits per heavy atom.